The normalized spacial score (nSPS) is 19.8. The molecule has 0 saturated carbocycles. The van der Waals surface area contributed by atoms with Gasteiger partial charge in [-0.05, 0) is 59.5 Å². The van der Waals surface area contributed by atoms with Crippen molar-refractivity contribution in [3.63, 3.8) is 0 Å². The average Bonchev–Trinajstić information content (AvgIpc) is 2.68. The standard InChI is InChI=1S/C20H22BrFN2O3/c1-13-2-3-15(12-27-19-7-5-16(22)9-23-19)10-24(13)20(26)17-8-14(11-25)4-6-18(17)21/h4-9,13,15,25H,2-3,10-12H2,1H3/t13-,15-/m1/s1. The summed E-state index contributed by atoms with van der Waals surface area (Å²) in [4.78, 5) is 18.8. The summed E-state index contributed by atoms with van der Waals surface area (Å²) >= 11 is 3.44. The van der Waals surface area contributed by atoms with Crippen molar-refractivity contribution < 1.29 is 19.0 Å². The first kappa shape index (κ1) is 19.8. The summed E-state index contributed by atoms with van der Waals surface area (Å²) in [5, 5.41) is 9.35. The van der Waals surface area contributed by atoms with Crippen molar-refractivity contribution in [1.29, 1.82) is 0 Å². The van der Waals surface area contributed by atoms with E-state index in [4.69, 9.17) is 4.74 Å². The highest BCUT2D eigenvalue weighted by atomic mass is 79.9. The summed E-state index contributed by atoms with van der Waals surface area (Å²) in [6.07, 6.45) is 2.96. The molecule has 144 valence electrons. The lowest BCUT2D eigenvalue weighted by Gasteiger charge is -2.38. The van der Waals surface area contributed by atoms with Crippen LogP contribution in [0, 0.1) is 11.7 Å². The van der Waals surface area contributed by atoms with Gasteiger partial charge >= 0.3 is 0 Å². The van der Waals surface area contributed by atoms with E-state index in [0.717, 1.165) is 19.0 Å². The second-order valence-electron chi connectivity index (χ2n) is 6.85. The van der Waals surface area contributed by atoms with Crippen molar-refractivity contribution in [1.82, 2.24) is 9.88 Å². The second kappa shape index (κ2) is 8.80. The zero-order valence-corrected chi connectivity index (χ0v) is 16.7. The van der Waals surface area contributed by atoms with Gasteiger partial charge in [-0.3, -0.25) is 4.79 Å². The van der Waals surface area contributed by atoms with Crippen LogP contribution in [0.15, 0.2) is 41.0 Å². The van der Waals surface area contributed by atoms with E-state index in [1.807, 2.05) is 11.8 Å². The first-order chi connectivity index (χ1) is 13.0. The smallest absolute Gasteiger partial charge is 0.255 e. The number of carbonyl (C=O) groups is 1. The van der Waals surface area contributed by atoms with E-state index in [2.05, 4.69) is 20.9 Å². The molecule has 1 aliphatic heterocycles. The van der Waals surface area contributed by atoms with Crippen molar-refractivity contribution in [2.24, 2.45) is 5.92 Å². The topological polar surface area (TPSA) is 62.7 Å². The molecule has 0 spiro atoms. The summed E-state index contributed by atoms with van der Waals surface area (Å²) in [6, 6.07) is 8.24. The zero-order chi connectivity index (χ0) is 19.4. The lowest BCUT2D eigenvalue weighted by atomic mass is 9.93. The second-order valence-corrected chi connectivity index (χ2v) is 7.70. The Hall–Kier alpha value is -1.99. The molecular weight excluding hydrogens is 415 g/mol. The highest BCUT2D eigenvalue weighted by Gasteiger charge is 2.31. The number of carbonyl (C=O) groups excluding carboxylic acids is 1. The molecule has 1 aliphatic rings. The molecule has 1 N–H and O–H groups in total. The Labute approximate surface area is 166 Å². The van der Waals surface area contributed by atoms with Crippen molar-refractivity contribution in [3.8, 4) is 5.88 Å². The summed E-state index contributed by atoms with van der Waals surface area (Å²) in [7, 11) is 0. The number of rotatable bonds is 5. The van der Waals surface area contributed by atoms with Crippen LogP contribution in [0.25, 0.3) is 0 Å². The molecular formula is C20H22BrFN2O3. The third-order valence-electron chi connectivity index (χ3n) is 4.85. The van der Waals surface area contributed by atoms with Gasteiger partial charge in [-0.25, -0.2) is 9.37 Å². The van der Waals surface area contributed by atoms with Crippen molar-refractivity contribution in [3.05, 3.63) is 57.9 Å². The molecule has 2 aromatic rings. The summed E-state index contributed by atoms with van der Waals surface area (Å²) < 4.78 is 19.3. The predicted molar refractivity (Wildman–Crippen MR) is 103 cm³/mol. The Balaban J connectivity index is 1.67. The molecule has 1 aromatic heterocycles. The van der Waals surface area contributed by atoms with Gasteiger partial charge in [0, 0.05) is 29.0 Å². The molecule has 2 heterocycles. The number of halogens is 2. The Bertz CT molecular complexity index is 800. The number of nitrogens with zero attached hydrogens (tertiary/aromatic N) is 2. The molecule has 1 aromatic carbocycles. The van der Waals surface area contributed by atoms with Gasteiger partial charge in [0.05, 0.1) is 25.0 Å². The monoisotopic (exact) mass is 436 g/mol. The molecule has 1 amide bonds. The SMILES string of the molecule is C[C@@H]1CC[C@@H](COc2ccc(F)cn2)CN1C(=O)c1cc(CO)ccc1Br. The first-order valence-electron chi connectivity index (χ1n) is 8.92. The summed E-state index contributed by atoms with van der Waals surface area (Å²) in [5.74, 6) is 0.0960. The number of benzene rings is 1. The molecule has 7 heteroatoms. The molecule has 0 bridgehead atoms. The quantitative estimate of drug-likeness (QED) is 0.773. The van der Waals surface area contributed by atoms with Crippen LogP contribution in [0.4, 0.5) is 4.39 Å². The van der Waals surface area contributed by atoms with Gasteiger partial charge in [0.1, 0.15) is 5.82 Å². The minimum atomic E-state index is -0.402. The number of pyridine rings is 1. The Morgan fingerprint density at radius 1 is 1.37 bits per heavy atom. The number of aromatic nitrogens is 1. The highest BCUT2D eigenvalue weighted by Crippen LogP contribution is 2.27. The van der Waals surface area contributed by atoms with E-state index in [9.17, 15) is 14.3 Å². The highest BCUT2D eigenvalue weighted by molar-refractivity contribution is 9.10. The third-order valence-corrected chi connectivity index (χ3v) is 5.54. The van der Waals surface area contributed by atoms with Gasteiger partial charge < -0.3 is 14.7 Å². The van der Waals surface area contributed by atoms with Crippen molar-refractivity contribution in [2.75, 3.05) is 13.2 Å². The van der Waals surface area contributed by atoms with Gasteiger partial charge in [0.25, 0.3) is 5.91 Å². The molecule has 1 fully saturated rings. The molecule has 1 saturated heterocycles. The van der Waals surface area contributed by atoms with Crippen LogP contribution >= 0.6 is 15.9 Å². The van der Waals surface area contributed by atoms with E-state index in [1.54, 1.807) is 18.2 Å². The minimum Gasteiger partial charge on any atom is -0.477 e. The van der Waals surface area contributed by atoms with E-state index < -0.39 is 5.82 Å². The number of ether oxygens (including phenoxy) is 1. The zero-order valence-electron chi connectivity index (χ0n) is 15.1. The minimum absolute atomic E-state index is 0.0608. The van der Waals surface area contributed by atoms with Gasteiger partial charge in [-0.2, -0.15) is 0 Å². The maximum atomic E-state index is 13.1. The lowest BCUT2D eigenvalue weighted by molar-refractivity contribution is 0.0501. The molecule has 0 unspecified atom stereocenters. The summed E-state index contributed by atoms with van der Waals surface area (Å²) in [6.45, 7) is 2.94. The van der Waals surface area contributed by atoms with Gasteiger partial charge in [-0.1, -0.05) is 6.07 Å². The number of hydrogen-bond acceptors (Lipinski definition) is 4. The first-order valence-corrected chi connectivity index (χ1v) is 9.72. The number of likely N-dealkylation sites (tertiary alicyclic amines) is 1. The van der Waals surface area contributed by atoms with Crippen LogP contribution in [0.1, 0.15) is 35.7 Å². The number of aliphatic hydroxyl groups is 1. The fourth-order valence-electron chi connectivity index (χ4n) is 3.24. The number of amides is 1. The van der Waals surface area contributed by atoms with E-state index in [0.29, 0.717) is 34.6 Å². The third kappa shape index (κ3) is 4.84. The molecule has 0 radical (unpaired) electrons. The maximum Gasteiger partial charge on any atom is 0.255 e. The Kier molecular flexibility index (Phi) is 6.44. The van der Waals surface area contributed by atoms with E-state index >= 15 is 0 Å². The number of aliphatic hydroxyl groups excluding tert-OH is 1. The van der Waals surface area contributed by atoms with Crippen molar-refractivity contribution in [2.45, 2.75) is 32.4 Å². The van der Waals surface area contributed by atoms with Gasteiger partial charge in [0.15, 0.2) is 0 Å². The summed E-state index contributed by atoms with van der Waals surface area (Å²) in [5.41, 5.74) is 1.25. The van der Waals surface area contributed by atoms with Crippen LogP contribution < -0.4 is 4.74 Å². The molecule has 27 heavy (non-hydrogen) atoms. The van der Waals surface area contributed by atoms with Gasteiger partial charge in [-0.15, -0.1) is 0 Å². The van der Waals surface area contributed by atoms with Crippen LogP contribution in [-0.4, -0.2) is 40.1 Å². The fraction of sp³-hybridized carbons (Fsp3) is 0.400. The molecule has 5 nitrogen and oxygen atoms in total. The van der Waals surface area contributed by atoms with Gasteiger partial charge in [0.2, 0.25) is 5.88 Å². The number of hydrogen-bond donors (Lipinski definition) is 1. The average molecular weight is 437 g/mol. The predicted octanol–water partition coefficient (Wildman–Crippen LogP) is 3.80. The van der Waals surface area contributed by atoms with Crippen LogP contribution in [0.5, 0.6) is 5.88 Å². The lowest BCUT2D eigenvalue weighted by Crippen LogP contribution is -2.46. The molecule has 2 atom stereocenters. The Morgan fingerprint density at radius 3 is 2.89 bits per heavy atom. The van der Waals surface area contributed by atoms with Crippen molar-refractivity contribution >= 4 is 21.8 Å². The largest absolute Gasteiger partial charge is 0.477 e. The van der Waals surface area contributed by atoms with Crippen LogP contribution in [-0.2, 0) is 6.61 Å². The molecule has 0 aliphatic carbocycles. The molecule has 3 rings (SSSR count). The van der Waals surface area contributed by atoms with Crippen LogP contribution in [0.2, 0.25) is 0 Å². The van der Waals surface area contributed by atoms with E-state index in [-0.39, 0.29) is 24.5 Å². The maximum absolute atomic E-state index is 13.1. The van der Waals surface area contributed by atoms with E-state index in [1.165, 1.54) is 12.1 Å². The fourth-order valence-corrected chi connectivity index (χ4v) is 3.66. The Morgan fingerprint density at radius 2 is 2.19 bits per heavy atom. The van der Waals surface area contributed by atoms with Crippen LogP contribution in [0.3, 0.4) is 0 Å². The number of piperidine rings is 1.